The molecule has 6 heteroatoms. The number of rotatable bonds is 2. The van der Waals surface area contributed by atoms with Gasteiger partial charge >= 0.3 is 0 Å². The highest BCUT2D eigenvalue weighted by molar-refractivity contribution is 7.15. The van der Waals surface area contributed by atoms with E-state index in [4.69, 9.17) is 16.0 Å². The quantitative estimate of drug-likeness (QED) is 0.438. The summed E-state index contributed by atoms with van der Waals surface area (Å²) in [5, 5.41) is 0.697. The number of halogens is 1. The van der Waals surface area contributed by atoms with Crippen LogP contribution in [0.2, 0.25) is 5.02 Å². The van der Waals surface area contributed by atoms with Crippen LogP contribution in [0.4, 0.5) is 0 Å². The van der Waals surface area contributed by atoms with Gasteiger partial charge in [-0.25, -0.2) is 9.38 Å². The first-order valence-electron chi connectivity index (χ1n) is 8.38. The van der Waals surface area contributed by atoms with Crippen molar-refractivity contribution in [2.75, 3.05) is 0 Å². The number of furan rings is 1. The van der Waals surface area contributed by atoms with Crippen LogP contribution in [-0.4, -0.2) is 9.38 Å². The number of nitrogens with zero attached hydrogens (tertiary/aromatic N) is 2. The lowest BCUT2D eigenvalue weighted by Crippen LogP contribution is -2.22. The van der Waals surface area contributed by atoms with Gasteiger partial charge in [0.15, 0.2) is 4.96 Å². The molecule has 27 heavy (non-hydrogen) atoms. The lowest BCUT2D eigenvalue weighted by molar-refractivity contribution is 0.571. The monoisotopic (exact) mass is 392 g/mol. The van der Waals surface area contributed by atoms with Crippen molar-refractivity contribution in [1.82, 2.24) is 9.38 Å². The number of hydrogen-bond donors (Lipinski definition) is 0. The van der Waals surface area contributed by atoms with Crippen LogP contribution in [0.15, 0.2) is 63.8 Å². The Labute approximate surface area is 163 Å². The van der Waals surface area contributed by atoms with Crippen molar-refractivity contribution >= 4 is 45.0 Å². The summed E-state index contributed by atoms with van der Waals surface area (Å²) >= 11 is 7.56. The van der Waals surface area contributed by atoms with Gasteiger partial charge in [0.25, 0.3) is 5.56 Å². The fourth-order valence-corrected chi connectivity index (χ4v) is 4.22. The van der Waals surface area contributed by atoms with Crippen LogP contribution in [-0.2, 0) is 0 Å². The fourth-order valence-electron chi connectivity index (χ4n) is 3.07. The second-order valence-corrected chi connectivity index (χ2v) is 7.72. The highest BCUT2D eigenvalue weighted by Gasteiger charge is 2.11. The number of aromatic nitrogens is 2. The number of imidazole rings is 1. The molecule has 132 valence electrons. The average molecular weight is 393 g/mol. The van der Waals surface area contributed by atoms with Crippen LogP contribution >= 0.6 is 22.9 Å². The van der Waals surface area contributed by atoms with Gasteiger partial charge in [-0.1, -0.05) is 47.2 Å². The number of hydrogen-bond acceptors (Lipinski definition) is 4. The van der Waals surface area contributed by atoms with E-state index in [9.17, 15) is 4.79 Å². The first-order chi connectivity index (χ1) is 13.1. The van der Waals surface area contributed by atoms with E-state index >= 15 is 0 Å². The van der Waals surface area contributed by atoms with Gasteiger partial charge in [0.05, 0.1) is 11.0 Å². The Balaban J connectivity index is 1.61. The molecule has 0 amide bonds. The Morgan fingerprint density at radius 2 is 2.00 bits per heavy atom. The molecule has 5 aromatic rings. The second kappa shape index (κ2) is 6.08. The third-order valence-electron chi connectivity index (χ3n) is 4.50. The minimum Gasteiger partial charge on any atom is -0.457 e. The van der Waals surface area contributed by atoms with Crippen molar-refractivity contribution in [3.63, 3.8) is 0 Å². The molecule has 3 aromatic heterocycles. The van der Waals surface area contributed by atoms with E-state index in [-0.39, 0.29) is 5.56 Å². The van der Waals surface area contributed by atoms with E-state index in [1.165, 1.54) is 11.3 Å². The minimum absolute atomic E-state index is 0.0833. The van der Waals surface area contributed by atoms with Gasteiger partial charge in [-0.3, -0.25) is 4.79 Å². The van der Waals surface area contributed by atoms with E-state index < -0.39 is 0 Å². The normalized spacial score (nSPS) is 12.4. The highest BCUT2D eigenvalue weighted by atomic mass is 35.5. The number of benzene rings is 2. The van der Waals surface area contributed by atoms with E-state index in [2.05, 4.69) is 4.98 Å². The van der Waals surface area contributed by atoms with Gasteiger partial charge in [-0.2, -0.15) is 0 Å². The van der Waals surface area contributed by atoms with E-state index in [1.807, 2.05) is 61.5 Å². The predicted molar refractivity (Wildman–Crippen MR) is 110 cm³/mol. The summed E-state index contributed by atoms with van der Waals surface area (Å²) in [5.41, 5.74) is 3.48. The number of thiazole rings is 1. The van der Waals surface area contributed by atoms with Gasteiger partial charge < -0.3 is 4.42 Å². The Bertz CT molecular complexity index is 1430. The van der Waals surface area contributed by atoms with Gasteiger partial charge in [-0.05, 0) is 42.8 Å². The van der Waals surface area contributed by atoms with Gasteiger partial charge in [0.2, 0.25) is 0 Å². The first kappa shape index (κ1) is 16.3. The van der Waals surface area contributed by atoms with Gasteiger partial charge in [0.1, 0.15) is 16.1 Å². The number of aryl methyl sites for hydroxylation is 1. The van der Waals surface area contributed by atoms with E-state index in [1.54, 1.807) is 10.5 Å². The fraction of sp³-hybridized carbons (Fsp3) is 0.0476. The average Bonchev–Trinajstić information content (AvgIpc) is 3.34. The lowest BCUT2D eigenvalue weighted by Gasteiger charge is -2.00. The summed E-state index contributed by atoms with van der Waals surface area (Å²) in [7, 11) is 0. The zero-order valence-corrected chi connectivity index (χ0v) is 15.8. The Morgan fingerprint density at radius 3 is 2.85 bits per heavy atom. The number of para-hydroxylation sites is 2. The summed E-state index contributed by atoms with van der Waals surface area (Å²) in [6.45, 7) is 1.96. The molecule has 0 radical (unpaired) electrons. The largest absolute Gasteiger partial charge is 0.457 e. The Kier molecular flexibility index (Phi) is 3.67. The predicted octanol–water partition coefficient (Wildman–Crippen LogP) is 4.68. The molecule has 0 bridgehead atoms. The molecule has 0 atom stereocenters. The minimum atomic E-state index is -0.0833. The molecule has 0 unspecified atom stereocenters. The Hall–Kier alpha value is -2.89. The molecule has 2 aromatic carbocycles. The molecule has 0 fully saturated rings. The van der Waals surface area contributed by atoms with Gasteiger partial charge in [0, 0.05) is 16.7 Å². The first-order valence-corrected chi connectivity index (χ1v) is 9.58. The molecule has 3 heterocycles. The van der Waals surface area contributed by atoms with E-state index in [0.717, 1.165) is 22.2 Å². The maximum Gasteiger partial charge on any atom is 0.275 e. The third kappa shape index (κ3) is 2.67. The molecule has 0 N–H and O–H groups in total. The van der Waals surface area contributed by atoms with Crippen LogP contribution in [0.1, 0.15) is 11.3 Å². The molecule has 0 aliphatic heterocycles. The van der Waals surface area contributed by atoms with Crippen molar-refractivity contribution in [3.05, 3.63) is 85.8 Å². The van der Waals surface area contributed by atoms with Crippen molar-refractivity contribution in [2.24, 2.45) is 0 Å². The summed E-state index contributed by atoms with van der Waals surface area (Å²) in [5.74, 6) is 1.33. The van der Waals surface area contributed by atoms with Crippen molar-refractivity contribution in [3.8, 4) is 11.3 Å². The summed E-state index contributed by atoms with van der Waals surface area (Å²) in [4.78, 5) is 18.0. The zero-order chi connectivity index (χ0) is 18.5. The third-order valence-corrected chi connectivity index (χ3v) is 5.88. The molecular formula is C21H13ClN2O2S. The second-order valence-electron chi connectivity index (χ2n) is 6.30. The van der Waals surface area contributed by atoms with E-state index in [0.29, 0.717) is 26.0 Å². The van der Waals surface area contributed by atoms with Gasteiger partial charge in [-0.15, -0.1) is 0 Å². The maximum atomic E-state index is 12.8. The maximum absolute atomic E-state index is 12.8. The topological polar surface area (TPSA) is 47.5 Å². The smallest absolute Gasteiger partial charge is 0.275 e. The van der Waals surface area contributed by atoms with Crippen LogP contribution < -0.4 is 10.1 Å². The van der Waals surface area contributed by atoms with Crippen molar-refractivity contribution in [2.45, 2.75) is 6.92 Å². The summed E-state index contributed by atoms with van der Waals surface area (Å²) in [6, 6.07) is 17.2. The molecular weight excluding hydrogens is 380 g/mol. The van der Waals surface area contributed by atoms with Crippen molar-refractivity contribution < 1.29 is 4.42 Å². The zero-order valence-electron chi connectivity index (χ0n) is 14.3. The van der Waals surface area contributed by atoms with Crippen LogP contribution in [0.25, 0.3) is 33.4 Å². The number of fused-ring (bicyclic) bond motifs is 3. The van der Waals surface area contributed by atoms with Crippen LogP contribution in [0, 0.1) is 6.92 Å². The highest BCUT2D eigenvalue weighted by Crippen LogP contribution is 2.27. The molecule has 5 rings (SSSR count). The standard InChI is InChI=1S/C21H13ClN2O2S/c1-12-6-7-13(10-15(12)22)18-9-8-14(26-18)11-19-20(25)24-17-5-3-2-4-16(17)23-21(24)27-19/h2-11H,1H3/b19-11-. The lowest BCUT2D eigenvalue weighted by atomic mass is 10.1. The van der Waals surface area contributed by atoms with Crippen LogP contribution in [0.5, 0.6) is 0 Å². The molecule has 0 saturated heterocycles. The Morgan fingerprint density at radius 1 is 1.15 bits per heavy atom. The summed E-state index contributed by atoms with van der Waals surface area (Å²) < 4.78 is 8.14. The van der Waals surface area contributed by atoms with Crippen molar-refractivity contribution in [1.29, 1.82) is 0 Å². The summed E-state index contributed by atoms with van der Waals surface area (Å²) in [6.07, 6.45) is 1.76. The van der Waals surface area contributed by atoms with Crippen LogP contribution in [0.3, 0.4) is 0 Å². The molecule has 0 aliphatic carbocycles. The SMILES string of the molecule is Cc1ccc(-c2ccc(/C=c3\sc4nc5ccccc5n4c3=O)o2)cc1Cl. The molecule has 4 nitrogen and oxygen atoms in total. The molecule has 0 saturated carbocycles. The molecule has 0 aliphatic rings. The molecule has 0 spiro atoms.